The molecule has 0 saturated carbocycles. The first kappa shape index (κ1) is 14.6. The Labute approximate surface area is 116 Å². The van der Waals surface area contributed by atoms with E-state index in [0.717, 1.165) is 13.1 Å². The van der Waals surface area contributed by atoms with E-state index >= 15 is 0 Å². The highest BCUT2D eigenvalue weighted by molar-refractivity contribution is 8.00. The maximum Gasteiger partial charge on any atom is 0.0710 e. The predicted molar refractivity (Wildman–Crippen MR) is 79.2 cm³/mol. The minimum absolute atomic E-state index is 0.0980. The van der Waals surface area contributed by atoms with Crippen LogP contribution < -0.4 is 5.73 Å². The van der Waals surface area contributed by atoms with Gasteiger partial charge in [0.05, 0.1) is 11.7 Å². The summed E-state index contributed by atoms with van der Waals surface area (Å²) >= 11 is 1.95. The Morgan fingerprint density at radius 1 is 1.28 bits per heavy atom. The lowest BCUT2D eigenvalue weighted by atomic mass is 9.95. The summed E-state index contributed by atoms with van der Waals surface area (Å²) in [7, 11) is 0. The standard InChI is InChI=1S/C14H28N2OS/c1-13(2)5-4-12(17-13)10-16-8-6-14(11-15,18-3)7-9-16/h12H,4-11,15H2,1-3H3. The zero-order valence-corrected chi connectivity index (χ0v) is 12.9. The summed E-state index contributed by atoms with van der Waals surface area (Å²) in [5, 5.41) is 0. The number of hydrogen-bond acceptors (Lipinski definition) is 4. The maximum atomic E-state index is 6.08. The molecule has 0 radical (unpaired) electrons. The predicted octanol–water partition coefficient (Wildman–Crippen LogP) is 2.10. The minimum atomic E-state index is 0.0980. The minimum Gasteiger partial charge on any atom is -0.371 e. The van der Waals surface area contributed by atoms with E-state index in [2.05, 4.69) is 25.0 Å². The van der Waals surface area contributed by atoms with Gasteiger partial charge in [-0.05, 0) is 58.9 Å². The van der Waals surface area contributed by atoms with Crippen molar-refractivity contribution >= 4 is 11.8 Å². The number of piperidine rings is 1. The summed E-state index contributed by atoms with van der Waals surface area (Å²) in [4.78, 5) is 2.57. The van der Waals surface area contributed by atoms with Crippen LogP contribution in [0.5, 0.6) is 0 Å². The molecular formula is C14H28N2OS. The highest BCUT2D eigenvalue weighted by atomic mass is 32.2. The van der Waals surface area contributed by atoms with E-state index in [1.165, 1.54) is 38.8 Å². The molecule has 2 heterocycles. The second-order valence-corrected chi connectivity index (χ2v) is 7.70. The summed E-state index contributed by atoms with van der Waals surface area (Å²) < 4.78 is 6.42. The van der Waals surface area contributed by atoms with Crippen molar-refractivity contribution in [2.75, 3.05) is 32.4 Å². The average molecular weight is 272 g/mol. The summed E-state index contributed by atoms with van der Waals surface area (Å²) in [5.41, 5.74) is 6.03. The van der Waals surface area contributed by atoms with Gasteiger partial charge in [0.25, 0.3) is 0 Å². The molecule has 3 nitrogen and oxygen atoms in total. The Balaban J connectivity index is 1.77. The van der Waals surface area contributed by atoms with Crippen LogP contribution in [0.15, 0.2) is 0 Å². The van der Waals surface area contributed by atoms with Crippen LogP contribution >= 0.6 is 11.8 Å². The molecular weight excluding hydrogens is 244 g/mol. The summed E-state index contributed by atoms with van der Waals surface area (Å²) in [6.45, 7) is 8.69. The zero-order valence-electron chi connectivity index (χ0n) is 12.1. The second-order valence-electron chi connectivity index (χ2n) is 6.43. The van der Waals surface area contributed by atoms with E-state index in [4.69, 9.17) is 10.5 Å². The molecule has 1 unspecified atom stereocenters. The van der Waals surface area contributed by atoms with Gasteiger partial charge in [-0.25, -0.2) is 0 Å². The highest BCUT2D eigenvalue weighted by Crippen LogP contribution is 2.35. The molecule has 0 aromatic rings. The Morgan fingerprint density at radius 3 is 2.39 bits per heavy atom. The number of nitrogens with two attached hydrogens (primary N) is 1. The zero-order chi connectivity index (χ0) is 13.2. The van der Waals surface area contributed by atoms with Crippen LogP contribution in [0, 0.1) is 0 Å². The summed E-state index contributed by atoms with van der Waals surface area (Å²) in [6, 6.07) is 0. The molecule has 106 valence electrons. The van der Waals surface area contributed by atoms with Gasteiger partial charge in [-0.3, -0.25) is 0 Å². The van der Waals surface area contributed by atoms with Gasteiger partial charge >= 0.3 is 0 Å². The number of hydrogen-bond donors (Lipinski definition) is 1. The summed E-state index contributed by atoms with van der Waals surface area (Å²) in [5.74, 6) is 0. The van der Waals surface area contributed by atoms with Gasteiger partial charge in [-0.15, -0.1) is 0 Å². The number of likely N-dealkylation sites (tertiary alicyclic amines) is 1. The van der Waals surface area contributed by atoms with Gasteiger partial charge < -0.3 is 15.4 Å². The normalized spacial score (nSPS) is 31.7. The van der Waals surface area contributed by atoms with Gasteiger partial charge in [0.1, 0.15) is 0 Å². The molecule has 2 aliphatic heterocycles. The van der Waals surface area contributed by atoms with E-state index in [9.17, 15) is 0 Å². The van der Waals surface area contributed by atoms with Crippen LogP contribution in [-0.4, -0.2) is 53.8 Å². The SMILES string of the molecule is CSC1(CN)CCN(CC2CCC(C)(C)O2)CC1. The quantitative estimate of drug-likeness (QED) is 0.850. The molecule has 2 rings (SSSR count). The molecule has 0 amide bonds. The third kappa shape index (κ3) is 3.41. The first-order chi connectivity index (χ1) is 8.49. The van der Waals surface area contributed by atoms with Crippen LogP contribution in [-0.2, 0) is 4.74 Å². The van der Waals surface area contributed by atoms with Crippen LogP contribution in [0.25, 0.3) is 0 Å². The van der Waals surface area contributed by atoms with Crippen molar-refractivity contribution in [1.82, 2.24) is 4.90 Å². The van der Waals surface area contributed by atoms with Gasteiger partial charge in [-0.1, -0.05) is 0 Å². The lowest BCUT2D eigenvalue weighted by Crippen LogP contribution is -2.48. The van der Waals surface area contributed by atoms with Crippen molar-refractivity contribution in [3.8, 4) is 0 Å². The number of rotatable bonds is 4. The molecule has 4 heteroatoms. The first-order valence-corrected chi connectivity index (χ1v) is 8.36. The molecule has 2 saturated heterocycles. The van der Waals surface area contributed by atoms with Crippen molar-refractivity contribution in [3.05, 3.63) is 0 Å². The van der Waals surface area contributed by atoms with Crippen molar-refractivity contribution in [1.29, 1.82) is 0 Å². The topological polar surface area (TPSA) is 38.5 Å². The van der Waals surface area contributed by atoms with Crippen LogP contribution in [0.3, 0.4) is 0 Å². The Bertz CT molecular complexity index is 269. The van der Waals surface area contributed by atoms with Crippen molar-refractivity contribution in [3.63, 3.8) is 0 Å². The van der Waals surface area contributed by atoms with Gasteiger partial charge in [-0.2, -0.15) is 11.8 Å². The Kier molecular flexibility index (Phi) is 4.63. The molecule has 0 bridgehead atoms. The van der Waals surface area contributed by atoms with Crippen molar-refractivity contribution < 1.29 is 4.74 Å². The third-order valence-electron chi connectivity index (χ3n) is 4.59. The average Bonchev–Trinajstić information content (AvgIpc) is 2.70. The smallest absolute Gasteiger partial charge is 0.0710 e. The number of ether oxygens (including phenoxy) is 1. The maximum absolute atomic E-state index is 6.08. The van der Waals surface area contributed by atoms with Crippen LogP contribution in [0.4, 0.5) is 0 Å². The van der Waals surface area contributed by atoms with E-state index < -0.39 is 0 Å². The summed E-state index contributed by atoms with van der Waals surface area (Å²) in [6.07, 6.45) is 7.50. The van der Waals surface area contributed by atoms with Crippen molar-refractivity contribution in [2.45, 2.75) is 56.0 Å². The van der Waals surface area contributed by atoms with Crippen LogP contribution in [0.2, 0.25) is 0 Å². The lowest BCUT2D eigenvalue weighted by Gasteiger charge is -2.40. The fraction of sp³-hybridized carbons (Fsp3) is 1.00. The van der Waals surface area contributed by atoms with Gasteiger partial charge in [0.15, 0.2) is 0 Å². The molecule has 0 aliphatic carbocycles. The molecule has 0 spiro atoms. The lowest BCUT2D eigenvalue weighted by molar-refractivity contribution is -0.0312. The molecule has 1 atom stereocenters. The largest absolute Gasteiger partial charge is 0.371 e. The van der Waals surface area contributed by atoms with E-state index in [0.29, 0.717) is 10.9 Å². The third-order valence-corrected chi connectivity index (χ3v) is 6.03. The monoisotopic (exact) mass is 272 g/mol. The highest BCUT2D eigenvalue weighted by Gasteiger charge is 2.36. The van der Waals surface area contributed by atoms with Crippen molar-refractivity contribution in [2.24, 2.45) is 5.73 Å². The fourth-order valence-corrected chi connectivity index (χ4v) is 3.89. The van der Waals surface area contributed by atoms with Gasteiger partial charge in [0, 0.05) is 17.8 Å². The van der Waals surface area contributed by atoms with E-state index in [1.807, 2.05) is 11.8 Å². The number of nitrogens with zero attached hydrogens (tertiary/aromatic N) is 1. The fourth-order valence-electron chi connectivity index (χ4n) is 3.13. The molecule has 18 heavy (non-hydrogen) atoms. The molecule has 0 aromatic heterocycles. The number of thioether (sulfide) groups is 1. The van der Waals surface area contributed by atoms with Gasteiger partial charge in [0.2, 0.25) is 0 Å². The molecule has 2 N–H and O–H groups in total. The Hall–Kier alpha value is 0.230. The van der Waals surface area contributed by atoms with E-state index in [1.54, 1.807) is 0 Å². The Morgan fingerprint density at radius 2 is 1.94 bits per heavy atom. The van der Waals surface area contributed by atoms with E-state index in [-0.39, 0.29) is 5.60 Å². The molecule has 2 fully saturated rings. The van der Waals surface area contributed by atoms with Crippen LogP contribution in [0.1, 0.15) is 39.5 Å². The second kappa shape index (κ2) is 5.70. The first-order valence-electron chi connectivity index (χ1n) is 7.14. The molecule has 2 aliphatic rings. The molecule has 0 aromatic carbocycles.